The predicted octanol–water partition coefficient (Wildman–Crippen LogP) is 5.68. The lowest BCUT2D eigenvalue weighted by Gasteiger charge is -2.19. The first-order valence-corrected chi connectivity index (χ1v) is 11.7. The van der Waals surface area contributed by atoms with Crippen molar-refractivity contribution in [3.63, 3.8) is 0 Å². The van der Waals surface area contributed by atoms with Gasteiger partial charge in [0.1, 0.15) is 29.7 Å². The first-order valence-electron chi connectivity index (χ1n) is 11.7. The number of ether oxygens (including phenoxy) is 1. The number of nitrogen functional groups attached to an aromatic ring is 1. The van der Waals surface area contributed by atoms with Crippen LogP contribution in [0.1, 0.15) is 61.6 Å². The minimum absolute atomic E-state index is 0.234. The van der Waals surface area contributed by atoms with E-state index < -0.39 is 18.0 Å². The van der Waals surface area contributed by atoms with Crippen molar-refractivity contribution in [3.05, 3.63) is 117 Å². The van der Waals surface area contributed by atoms with Crippen LogP contribution in [0, 0.1) is 25.5 Å². The van der Waals surface area contributed by atoms with Gasteiger partial charge in [0, 0.05) is 23.4 Å². The van der Waals surface area contributed by atoms with Gasteiger partial charge in [0.2, 0.25) is 0 Å². The molecule has 3 heterocycles. The zero-order valence-corrected chi connectivity index (χ0v) is 19.7. The van der Waals surface area contributed by atoms with Crippen molar-refractivity contribution in [2.24, 2.45) is 0 Å². The first kappa shape index (κ1) is 22.4. The van der Waals surface area contributed by atoms with Crippen LogP contribution in [-0.4, -0.2) is 10.9 Å². The number of nitrogens with one attached hydrogen (secondary N) is 1. The van der Waals surface area contributed by atoms with E-state index >= 15 is 4.39 Å². The highest BCUT2D eigenvalue weighted by molar-refractivity contribution is 5.94. The zero-order chi connectivity index (χ0) is 25.1. The number of aryl methyl sites for hydroxylation is 2. The van der Waals surface area contributed by atoms with E-state index in [0.717, 1.165) is 39.1 Å². The van der Waals surface area contributed by atoms with Crippen LogP contribution in [0.4, 0.5) is 14.6 Å². The molecule has 36 heavy (non-hydrogen) atoms. The SMILES string of the molecule is Cc1cc(N)nc(C)c1CNC(=O)c1cc(F)c2c(c1)C1OC2c2ccc(-c3ccc(F)cc3)cc21. The van der Waals surface area contributed by atoms with Gasteiger partial charge in [0.05, 0.1) is 0 Å². The van der Waals surface area contributed by atoms with E-state index in [9.17, 15) is 9.18 Å². The van der Waals surface area contributed by atoms with E-state index in [0.29, 0.717) is 16.9 Å². The number of nitrogens with two attached hydrogens (primary N) is 1. The summed E-state index contributed by atoms with van der Waals surface area (Å²) in [5, 5.41) is 2.88. The molecular weight excluding hydrogens is 460 g/mol. The lowest BCUT2D eigenvalue weighted by molar-refractivity contribution is 0.0846. The summed E-state index contributed by atoms with van der Waals surface area (Å²) < 4.78 is 34.8. The highest BCUT2D eigenvalue weighted by atomic mass is 19.1. The number of rotatable bonds is 4. The number of benzene rings is 3. The molecule has 2 atom stereocenters. The number of carbonyl (C=O) groups excluding carboxylic acids is 1. The van der Waals surface area contributed by atoms with E-state index in [1.165, 1.54) is 18.2 Å². The Kier molecular flexibility index (Phi) is 5.12. The van der Waals surface area contributed by atoms with Crippen molar-refractivity contribution in [1.82, 2.24) is 10.3 Å². The smallest absolute Gasteiger partial charge is 0.251 e. The van der Waals surface area contributed by atoms with E-state index in [1.54, 1.807) is 24.3 Å². The highest BCUT2D eigenvalue weighted by Gasteiger charge is 2.45. The van der Waals surface area contributed by atoms with Crippen molar-refractivity contribution in [2.75, 3.05) is 5.73 Å². The topological polar surface area (TPSA) is 77.2 Å². The number of hydrogen-bond acceptors (Lipinski definition) is 4. The van der Waals surface area contributed by atoms with Gasteiger partial charge >= 0.3 is 0 Å². The number of anilines is 1. The van der Waals surface area contributed by atoms with Crippen LogP contribution in [0.15, 0.2) is 60.7 Å². The average Bonchev–Trinajstić information content (AvgIpc) is 3.41. The summed E-state index contributed by atoms with van der Waals surface area (Å²) in [7, 11) is 0. The molecule has 2 aliphatic heterocycles. The third-order valence-corrected chi connectivity index (χ3v) is 7.07. The minimum atomic E-state index is -0.509. The maximum atomic E-state index is 15.3. The molecule has 3 aromatic carbocycles. The second-order valence-electron chi connectivity index (χ2n) is 9.32. The van der Waals surface area contributed by atoms with Crippen LogP contribution >= 0.6 is 0 Å². The zero-order valence-electron chi connectivity index (χ0n) is 19.7. The largest absolute Gasteiger partial charge is 0.384 e. The quantitative estimate of drug-likeness (QED) is 0.392. The molecule has 3 N–H and O–H groups in total. The van der Waals surface area contributed by atoms with Gasteiger partial charge in [-0.1, -0.05) is 24.3 Å². The summed E-state index contributed by atoms with van der Waals surface area (Å²) in [5.74, 6) is -0.704. The molecule has 0 aliphatic carbocycles. The number of halogens is 2. The Morgan fingerprint density at radius 1 is 0.944 bits per heavy atom. The Hall–Kier alpha value is -4.10. The summed E-state index contributed by atoms with van der Waals surface area (Å²) in [6, 6.07) is 16.9. The van der Waals surface area contributed by atoms with E-state index in [-0.39, 0.29) is 23.8 Å². The molecule has 0 radical (unpaired) electrons. The van der Waals surface area contributed by atoms with Crippen LogP contribution in [0.5, 0.6) is 0 Å². The number of pyridine rings is 1. The van der Waals surface area contributed by atoms with Gasteiger partial charge < -0.3 is 15.8 Å². The molecule has 1 amide bonds. The maximum absolute atomic E-state index is 15.3. The molecule has 4 aromatic rings. The highest BCUT2D eigenvalue weighted by Crippen LogP contribution is 2.55. The number of carbonyl (C=O) groups is 1. The Labute approximate surface area is 206 Å². The van der Waals surface area contributed by atoms with Crippen LogP contribution in [0.2, 0.25) is 0 Å². The standard InChI is InChI=1S/C29H23F2N3O2/c1-14-9-25(32)34-15(2)23(14)13-33-29(35)18-11-22-26(24(31)12-18)28-20-8-5-17(10-21(20)27(22)36-28)16-3-6-19(30)7-4-16/h3-12,27-28H,13H2,1-2H3,(H2,32,34)(H,33,35). The van der Waals surface area contributed by atoms with Gasteiger partial charge in [-0.2, -0.15) is 0 Å². The second kappa shape index (κ2) is 8.24. The van der Waals surface area contributed by atoms with Crippen molar-refractivity contribution >= 4 is 11.7 Å². The maximum Gasteiger partial charge on any atom is 0.251 e. The van der Waals surface area contributed by atoms with Gasteiger partial charge in [0.25, 0.3) is 5.91 Å². The molecule has 1 aromatic heterocycles. The van der Waals surface area contributed by atoms with Gasteiger partial charge in [-0.25, -0.2) is 13.8 Å². The minimum Gasteiger partial charge on any atom is -0.384 e. The molecule has 0 saturated carbocycles. The van der Waals surface area contributed by atoms with Crippen LogP contribution in [-0.2, 0) is 11.3 Å². The Morgan fingerprint density at radius 3 is 2.44 bits per heavy atom. The Balaban J connectivity index is 1.29. The third kappa shape index (κ3) is 3.55. The molecule has 0 fully saturated rings. The molecule has 2 bridgehead atoms. The lowest BCUT2D eigenvalue weighted by Crippen LogP contribution is -2.24. The molecule has 0 spiro atoms. The van der Waals surface area contributed by atoms with E-state index in [1.807, 2.05) is 32.0 Å². The number of fused-ring (bicyclic) bond motifs is 8. The average molecular weight is 484 g/mol. The van der Waals surface area contributed by atoms with E-state index in [2.05, 4.69) is 10.3 Å². The molecule has 180 valence electrons. The molecule has 2 unspecified atom stereocenters. The summed E-state index contributed by atoms with van der Waals surface area (Å²) >= 11 is 0. The fraction of sp³-hybridized carbons (Fsp3) is 0.172. The predicted molar refractivity (Wildman–Crippen MR) is 132 cm³/mol. The van der Waals surface area contributed by atoms with Crippen molar-refractivity contribution in [1.29, 1.82) is 0 Å². The molecule has 0 saturated heterocycles. The summed E-state index contributed by atoms with van der Waals surface area (Å²) in [4.78, 5) is 17.2. The van der Waals surface area contributed by atoms with Crippen LogP contribution in [0.3, 0.4) is 0 Å². The van der Waals surface area contributed by atoms with Gasteiger partial charge in [-0.15, -0.1) is 0 Å². The summed E-state index contributed by atoms with van der Waals surface area (Å²) in [6.45, 7) is 4.01. The normalized spacial score (nSPS) is 17.1. The molecular formula is C29H23F2N3O2. The summed E-state index contributed by atoms with van der Waals surface area (Å²) in [6.07, 6.45) is -0.973. The number of nitrogens with zero attached hydrogens (tertiary/aromatic N) is 1. The molecule has 5 nitrogen and oxygen atoms in total. The first-order chi connectivity index (χ1) is 17.3. The van der Waals surface area contributed by atoms with Gasteiger partial charge in [-0.3, -0.25) is 4.79 Å². The summed E-state index contributed by atoms with van der Waals surface area (Å²) in [5.41, 5.74) is 13.4. The van der Waals surface area contributed by atoms with E-state index in [4.69, 9.17) is 10.5 Å². The van der Waals surface area contributed by atoms with Crippen molar-refractivity contribution < 1.29 is 18.3 Å². The molecule has 6 rings (SSSR count). The number of hydrogen-bond donors (Lipinski definition) is 2. The van der Waals surface area contributed by atoms with Gasteiger partial charge in [-0.05, 0) is 89.2 Å². The Bertz CT molecular complexity index is 1530. The van der Waals surface area contributed by atoms with Crippen molar-refractivity contribution in [2.45, 2.75) is 32.6 Å². The number of aromatic nitrogens is 1. The fourth-order valence-corrected chi connectivity index (χ4v) is 5.30. The molecule has 7 heteroatoms. The monoisotopic (exact) mass is 483 g/mol. The second-order valence-corrected chi connectivity index (χ2v) is 9.32. The third-order valence-electron chi connectivity index (χ3n) is 7.07. The molecule has 2 aliphatic rings. The lowest BCUT2D eigenvalue weighted by atomic mass is 9.83. The van der Waals surface area contributed by atoms with Crippen LogP contribution in [0.25, 0.3) is 11.1 Å². The Morgan fingerprint density at radius 2 is 1.69 bits per heavy atom. The number of amides is 1. The van der Waals surface area contributed by atoms with Gasteiger partial charge in [0.15, 0.2) is 0 Å². The fourth-order valence-electron chi connectivity index (χ4n) is 5.30. The van der Waals surface area contributed by atoms with Crippen LogP contribution < -0.4 is 11.1 Å². The van der Waals surface area contributed by atoms with Crippen molar-refractivity contribution in [3.8, 4) is 11.1 Å².